The van der Waals surface area contributed by atoms with Gasteiger partial charge in [0.05, 0.1) is 29.0 Å². The van der Waals surface area contributed by atoms with Gasteiger partial charge in [0.25, 0.3) is 0 Å². The molecule has 2 N–H and O–H groups in total. The maximum absolute atomic E-state index is 14.3. The van der Waals surface area contributed by atoms with Gasteiger partial charge >= 0.3 is 23.9 Å². The van der Waals surface area contributed by atoms with E-state index in [2.05, 4.69) is 0 Å². The SMILES string of the molecule is CCC(CC(CC(C)C(=O)OC1(C)CC(C)(C)OC1=O)C(=O)OC12CC3CC(CC(O)(C3)C1)C2)C(=O)OC(C)(C)C12CC3CC(CC(O)(C3)C1)C2. The van der Waals surface area contributed by atoms with Gasteiger partial charge in [0.1, 0.15) is 16.8 Å². The predicted octanol–water partition coefficient (Wildman–Crippen LogP) is 6.35. The molecule has 9 rings (SSSR count). The van der Waals surface area contributed by atoms with Crippen molar-refractivity contribution in [3.8, 4) is 0 Å². The van der Waals surface area contributed by atoms with Gasteiger partial charge in [-0.2, -0.15) is 0 Å². The van der Waals surface area contributed by atoms with Gasteiger partial charge in [-0.05, 0) is 148 Å². The Morgan fingerprint density at radius 1 is 0.765 bits per heavy atom. The van der Waals surface area contributed by atoms with Crippen LogP contribution in [-0.2, 0) is 38.1 Å². The highest BCUT2D eigenvalue weighted by molar-refractivity contribution is 5.86. The van der Waals surface area contributed by atoms with E-state index in [-0.39, 0.29) is 30.6 Å². The first-order valence-corrected chi connectivity index (χ1v) is 19.9. The molecule has 1 aliphatic heterocycles. The second-order valence-electron chi connectivity index (χ2n) is 20.3. The maximum Gasteiger partial charge on any atom is 0.351 e. The number of esters is 4. The molecule has 8 aliphatic carbocycles. The van der Waals surface area contributed by atoms with Crippen LogP contribution in [0.5, 0.6) is 0 Å². The summed E-state index contributed by atoms with van der Waals surface area (Å²) in [5.74, 6) is -2.70. The van der Waals surface area contributed by atoms with Gasteiger partial charge < -0.3 is 29.2 Å². The molecule has 0 spiro atoms. The van der Waals surface area contributed by atoms with Crippen LogP contribution in [0.2, 0.25) is 0 Å². The minimum atomic E-state index is -1.43. The minimum absolute atomic E-state index is 0.0763. The average molecular weight is 715 g/mol. The predicted molar refractivity (Wildman–Crippen MR) is 186 cm³/mol. The summed E-state index contributed by atoms with van der Waals surface area (Å²) in [6.45, 7) is 12.7. The fourth-order valence-electron chi connectivity index (χ4n) is 13.2. The summed E-state index contributed by atoms with van der Waals surface area (Å²) >= 11 is 0. The van der Waals surface area contributed by atoms with E-state index in [0.29, 0.717) is 42.9 Å². The molecule has 8 saturated carbocycles. The third kappa shape index (κ3) is 6.87. The number of cyclic esters (lactones) is 1. The molecular formula is C41H62O10. The van der Waals surface area contributed by atoms with E-state index in [4.69, 9.17) is 18.9 Å². The summed E-state index contributed by atoms with van der Waals surface area (Å²) in [5.41, 5.74) is -5.53. The molecule has 0 radical (unpaired) electrons. The summed E-state index contributed by atoms with van der Waals surface area (Å²) in [5, 5.41) is 22.8. The molecule has 1 saturated heterocycles. The van der Waals surface area contributed by atoms with Crippen molar-refractivity contribution < 1.29 is 48.3 Å². The zero-order valence-electron chi connectivity index (χ0n) is 32.0. The molecule has 0 aromatic rings. The van der Waals surface area contributed by atoms with Crippen molar-refractivity contribution in [2.24, 2.45) is 46.8 Å². The molecular weight excluding hydrogens is 652 g/mol. The van der Waals surface area contributed by atoms with Crippen LogP contribution in [0.25, 0.3) is 0 Å². The van der Waals surface area contributed by atoms with Gasteiger partial charge in [-0.1, -0.05) is 13.8 Å². The fourth-order valence-corrected chi connectivity index (χ4v) is 13.2. The molecule has 0 aromatic carbocycles. The summed E-state index contributed by atoms with van der Waals surface area (Å²) in [7, 11) is 0. The van der Waals surface area contributed by atoms with Crippen LogP contribution in [0, 0.1) is 46.8 Å². The second-order valence-corrected chi connectivity index (χ2v) is 20.3. The van der Waals surface area contributed by atoms with Crippen LogP contribution >= 0.6 is 0 Å². The number of rotatable bonds is 12. The maximum atomic E-state index is 14.3. The molecule has 10 heteroatoms. The van der Waals surface area contributed by atoms with Crippen LogP contribution in [0.1, 0.15) is 151 Å². The number of carbonyl (C=O) groups is 4. The Hall–Kier alpha value is -2.20. The Labute approximate surface area is 303 Å². The van der Waals surface area contributed by atoms with Crippen molar-refractivity contribution in [2.75, 3.05) is 0 Å². The molecule has 0 aromatic heterocycles. The molecule has 8 atom stereocenters. The summed E-state index contributed by atoms with van der Waals surface area (Å²) in [6.07, 6.45) is 10.6. The minimum Gasteiger partial charge on any atom is -0.459 e. The quantitative estimate of drug-likeness (QED) is 0.173. The van der Waals surface area contributed by atoms with Crippen LogP contribution in [0.15, 0.2) is 0 Å². The van der Waals surface area contributed by atoms with Crippen molar-refractivity contribution in [3.63, 3.8) is 0 Å². The van der Waals surface area contributed by atoms with Gasteiger partial charge in [-0.15, -0.1) is 0 Å². The van der Waals surface area contributed by atoms with E-state index in [1.807, 2.05) is 20.8 Å². The monoisotopic (exact) mass is 714 g/mol. The number of hydrogen-bond donors (Lipinski definition) is 2. The Morgan fingerprint density at radius 3 is 1.80 bits per heavy atom. The van der Waals surface area contributed by atoms with Gasteiger partial charge in [0.2, 0.25) is 5.60 Å². The highest BCUT2D eigenvalue weighted by Gasteiger charge is 2.64. The molecule has 286 valence electrons. The Balaban J connectivity index is 1.08. The molecule has 51 heavy (non-hydrogen) atoms. The first kappa shape index (κ1) is 37.1. The summed E-state index contributed by atoms with van der Waals surface area (Å²) in [6, 6.07) is 0. The van der Waals surface area contributed by atoms with E-state index in [9.17, 15) is 29.4 Å². The standard InChI is InChI=1S/C41H62O10/c1-8-29(32(43)48-36(5,6)38-13-25-10-26(14-38)16-39(46,15-25)22-38)12-30(9-24(2)31(42)49-37(7)21-35(3,4)51-34(37)45)33(44)50-41-19-27-11-28(20-41)18-40(47,17-27)23-41/h24-30,46-47H,8-23H2,1-7H3. The number of aliphatic hydroxyl groups is 2. The van der Waals surface area contributed by atoms with E-state index in [0.717, 1.165) is 64.2 Å². The van der Waals surface area contributed by atoms with E-state index >= 15 is 0 Å². The first-order chi connectivity index (χ1) is 23.6. The Kier molecular flexibility index (Phi) is 8.85. The molecule has 9 aliphatic rings. The van der Waals surface area contributed by atoms with Crippen LogP contribution in [0.4, 0.5) is 0 Å². The summed E-state index contributed by atoms with van der Waals surface area (Å²) in [4.78, 5) is 54.8. The highest BCUT2D eigenvalue weighted by Crippen LogP contribution is 2.66. The number of carbonyl (C=O) groups excluding carboxylic acids is 4. The van der Waals surface area contributed by atoms with Crippen LogP contribution in [-0.4, -0.2) is 67.7 Å². The molecule has 8 bridgehead atoms. The van der Waals surface area contributed by atoms with Crippen molar-refractivity contribution in [3.05, 3.63) is 0 Å². The lowest BCUT2D eigenvalue weighted by atomic mass is 9.44. The van der Waals surface area contributed by atoms with Gasteiger partial charge in [0.15, 0.2) is 0 Å². The first-order valence-electron chi connectivity index (χ1n) is 19.9. The third-order valence-electron chi connectivity index (χ3n) is 14.6. The molecule has 10 nitrogen and oxygen atoms in total. The Morgan fingerprint density at radius 2 is 1.31 bits per heavy atom. The lowest BCUT2D eigenvalue weighted by Crippen LogP contribution is -2.63. The van der Waals surface area contributed by atoms with Crippen LogP contribution < -0.4 is 0 Å². The van der Waals surface area contributed by atoms with E-state index in [1.165, 1.54) is 0 Å². The smallest absolute Gasteiger partial charge is 0.351 e. The number of hydrogen-bond acceptors (Lipinski definition) is 10. The van der Waals surface area contributed by atoms with Gasteiger partial charge in [-0.3, -0.25) is 14.4 Å². The van der Waals surface area contributed by atoms with Crippen molar-refractivity contribution in [1.82, 2.24) is 0 Å². The van der Waals surface area contributed by atoms with Gasteiger partial charge in [-0.25, -0.2) is 4.79 Å². The van der Waals surface area contributed by atoms with Crippen molar-refractivity contribution in [2.45, 2.75) is 185 Å². The highest BCUT2D eigenvalue weighted by atomic mass is 16.6. The van der Waals surface area contributed by atoms with Crippen LogP contribution in [0.3, 0.4) is 0 Å². The normalized spacial score (nSPS) is 43.4. The number of ether oxygens (including phenoxy) is 4. The van der Waals surface area contributed by atoms with E-state index < -0.39 is 69.3 Å². The van der Waals surface area contributed by atoms with Crippen molar-refractivity contribution >= 4 is 23.9 Å². The third-order valence-corrected chi connectivity index (χ3v) is 14.6. The Bertz CT molecular complexity index is 1420. The topological polar surface area (TPSA) is 146 Å². The molecule has 0 amide bonds. The van der Waals surface area contributed by atoms with E-state index in [1.54, 1.807) is 27.7 Å². The zero-order chi connectivity index (χ0) is 37.0. The van der Waals surface area contributed by atoms with Crippen molar-refractivity contribution in [1.29, 1.82) is 0 Å². The fraction of sp³-hybridized carbons (Fsp3) is 0.902. The molecule has 8 unspecified atom stereocenters. The second kappa shape index (κ2) is 12.2. The largest absolute Gasteiger partial charge is 0.459 e. The molecule has 1 heterocycles. The zero-order valence-corrected chi connectivity index (χ0v) is 32.0. The lowest BCUT2D eigenvalue weighted by Gasteiger charge is -2.64. The lowest BCUT2D eigenvalue weighted by molar-refractivity contribution is -0.234. The van der Waals surface area contributed by atoms with Gasteiger partial charge in [0, 0.05) is 18.3 Å². The molecule has 9 fully saturated rings. The average Bonchev–Trinajstić information content (AvgIpc) is 3.16. The summed E-state index contributed by atoms with van der Waals surface area (Å²) < 4.78 is 24.2.